The van der Waals surface area contributed by atoms with E-state index in [2.05, 4.69) is 31.5 Å². The predicted molar refractivity (Wildman–Crippen MR) is 88.4 cm³/mol. The maximum absolute atomic E-state index is 11.8. The minimum atomic E-state index is -0.0386. The number of carbonyl (C=O) groups is 1. The van der Waals surface area contributed by atoms with Crippen molar-refractivity contribution in [1.29, 1.82) is 0 Å². The number of halogens is 1. The van der Waals surface area contributed by atoms with Crippen molar-refractivity contribution in [1.82, 2.24) is 10.3 Å². The Labute approximate surface area is 133 Å². The van der Waals surface area contributed by atoms with Crippen LogP contribution in [-0.2, 0) is 6.54 Å². The van der Waals surface area contributed by atoms with Crippen LogP contribution < -0.4 is 10.6 Å². The fourth-order valence-electron chi connectivity index (χ4n) is 2.02. The van der Waals surface area contributed by atoms with Crippen molar-refractivity contribution in [2.45, 2.75) is 20.4 Å². The second-order valence-corrected chi connectivity index (χ2v) is 5.67. The van der Waals surface area contributed by atoms with Crippen LogP contribution in [0.4, 0.5) is 5.69 Å². The molecule has 110 valence electrons. The molecule has 0 fully saturated rings. The van der Waals surface area contributed by atoms with E-state index < -0.39 is 0 Å². The Morgan fingerprint density at radius 3 is 2.76 bits per heavy atom. The van der Waals surface area contributed by atoms with Gasteiger partial charge in [0.05, 0.1) is 0 Å². The minimum Gasteiger partial charge on any atom is -0.381 e. The summed E-state index contributed by atoms with van der Waals surface area (Å²) in [5, 5.41) is 6.16. The van der Waals surface area contributed by atoms with E-state index in [0.29, 0.717) is 18.7 Å². The molecule has 0 aliphatic rings. The van der Waals surface area contributed by atoms with Crippen molar-refractivity contribution < 1.29 is 4.79 Å². The summed E-state index contributed by atoms with van der Waals surface area (Å²) in [5.41, 5.74) is 3.84. The predicted octanol–water partition coefficient (Wildman–Crippen LogP) is 3.51. The lowest BCUT2D eigenvalue weighted by Gasteiger charge is -2.11. The normalized spacial score (nSPS) is 10.2. The standard InChI is InChI=1S/C16H18BrN3O/c1-3-19-16(21)13-4-5-15(11(2)6-13)20-9-12-7-14(17)10-18-8-12/h4-8,10,20H,3,9H2,1-2H3,(H,19,21). The van der Waals surface area contributed by atoms with Crippen LogP contribution in [0.2, 0.25) is 0 Å². The van der Waals surface area contributed by atoms with E-state index in [0.717, 1.165) is 21.3 Å². The Morgan fingerprint density at radius 1 is 1.29 bits per heavy atom. The summed E-state index contributed by atoms with van der Waals surface area (Å²) in [6.45, 7) is 5.22. The molecule has 2 rings (SSSR count). The van der Waals surface area contributed by atoms with Gasteiger partial charge in [-0.2, -0.15) is 0 Å². The Morgan fingerprint density at radius 2 is 2.10 bits per heavy atom. The number of carbonyl (C=O) groups excluding carboxylic acids is 1. The number of pyridine rings is 1. The number of anilines is 1. The second kappa shape index (κ2) is 7.22. The summed E-state index contributed by atoms with van der Waals surface area (Å²) >= 11 is 3.41. The molecule has 2 N–H and O–H groups in total. The molecule has 0 radical (unpaired) electrons. The largest absolute Gasteiger partial charge is 0.381 e. The summed E-state index contributed by atoms with van der Waals surface area (Å²) in [6, 6.07) is 7.69. The molecule has 0 saturated carbocycles. The van der Waals surface area contributed by atoms with Crippen LogP contribution >= 0.6 is 15.9 Å². The quantitative estimate of drug-likeness (QED) is 0.869. The highest BCUT2D eigenvalue weighted by atomic mass is 79.9. The zero-order valence-electron chi connectivity index (χ0n) is 12.1. The Balaban J connectivity index is 2.06. The van der Waals surface area contributed by atoms with Crippen molar-refractivity contribution in [3.8, 4) is 0 Å². The molecule has 0 aliphatic carbocycles. The van der Waals surface area contributed by atoms with Crippen molar-refractivity contribution >= 4 is 27.5 Å². The lowest BCUT2D eigenvalue weighted by Crippen LogP contribution is -2.22. The van der Waals surface area contributed by atoms with E-state index in [-0.39, 0.29) is 5.91 Å². The molecule has 21 heavy (non-hydrogen) atoms. The van der Waals surface area contributed by atoms with Crippen molar-refractivity contribution in [2.75, 3.05) is 11.9 Å². The highest BCUT2D eigenvalue weighted by molar-refractivity contribution is 9.10. The molecule has 0 spiro atoms. The highest BCUT2D eigenvalue weighted by Gasteiger charge is 2.06. The summed E-state index contributed by atoms with van der Waals surface area (Å²) in [7, 11) is 0. The zero-order chi connectivity index (χ0) is 15.2. The summed E-state index contributed by atoms with van der Waals surface area (Å²) in [4.78, 5) is 15.9. The molecule has 1 aromatic heterocycles. The first-order valence-electron chi connectivity index (χ1n) is 6.82. The van der Waals surface area contributed by atoms with Crippen LogP contribution in [0.3, 0.4) is 0 Å². The fourth-order valence-corrected chi connectivity index (χ4v) is 2.43. The number of aryl methyl sites for hydroxylation is 1. The second-order valence-electron chi connectivity index (χ2n) is 4.75. The van der Waals surface area contributed by atoms with Crippen molar-refractivity contribution in [3.63, 3.8) is 0 Å². The number of aromatic nitrogens is 1. The highest BCUT2D eigenvalue weighted by Crippen LogP contribution is 2.18. The molecule has 1 amide bonds. The van der Waals surface area contributed by atoms with Gasteiger partial charge in [-0.3, -0.25) is 9.78 Å². The van der Waals surface area contributed by atoms with Gasteiger partial charge < -0.3 is 10.6 Å². The number of rotatable bonds is 5. The third kappa shape index (κ3) is 4.29. The molecular formula is C16H18BrN3O. The van der Waals surface area contributed by atoms with Crippen LogP contribution in [0.1, 0.15) is 28.4 Å². The minimum absolute atomic E-state index is 0.0386. The number of benzene rings is 1. The average molecular weight is 348 g/mol. The molecule has 0 saturated heterocycles. The van der Waals surface area contributed by atoms with E-state index in [1.54, 1.807) is 6.20 Å². The first-order valence-corrected chi connectivity index (χ1v) is 7.61. The van der Waals surface area contributed by atoms with Gasteiger partial charge in [-0.05, 0) is 65.2 Å². The maximum atomic E-state index is 11.8. The zero-order valence-corrected chi connectivity index (χ0v) is 13.7. The number of nitrogens with zero attached hydrogens (tertiary/aromatic N) is 1. The molecule has 0 atom stereocenters. The third-order valence-corrected chi connectivity index (χ3v) is 3.50. The average Bonchev–Trinajstić information content (AvgIpc) is 2.46. The van der Waals surface area contributed by atoms with Crippen molar-refractivity contribution in [3.05, 3.63) is 57.8 Å². The van der Waals surface area contributed by atoms with Gasteiger partial charge in [-0.25, -0.2) is 0 Å². The first-order chi connectivity index (χ1) is 10.1. The SMILES string of the molecule is CCNC(=O)c1ccc(NCc2cncc(Br)c2)c(C)c1. The first kappa shape index (κ1) is 15.5. The number of hydrogen-bond acceptors (Lipinski definition) is 3. The topological polar surface area (TPSA) is 54.0 Å². The molecule has 2 aromatic rings. The van der Waals surface area contributed by atoms with Gasteiger partial charge in [0, 0.05) is 41.2 Å². The van der Waals surface area contributed by atoms with Crippen LogP contribution in [0.25, 0.3) is 0 Å². The van der Waals surface area contributed by atoms with Crippen LogP contribution in [0, 0.1) is 6.92 Å². The van der Waals surface area contributed by atoms with Gasteiger partial charge >= 0.3 is 0 Å². The molecule has 1 aromatic carbocycles. The van der Waals surface area contributed by atoms with Crippen LogP contribution in [-0.4, -0.2) is 17.4 Å². The maximum Gasteiger partial charge on any atom is 0.251 e. The summed E-state index contributed by atoms with van der Waals surface area (Å²) < 4.78 is 0.963. The molecule has 0 aliphatic heterocycles. The Hall–Kier alpha value is -1.88. The lowest BCUT2D eigenvalue weighted by molar-refractivity contribution is 0.0956. The lowest BCUT2D eigenvalue weighted by atomic mass is 10.1. The number of nitrogens with one attached hydrogen (secondary N) is 2. The molecular weight excluding hydrogens is 330 g/mol. The van der Waals surface area contributed by atoms with E-state index in [1.807, 2.05) is 44.3 Å². The van der Waals surface area contributed by atoms with E-state index >= 15 is 0 Å². The Bertz CT molecular complexity index is 643. The van der Waals surface area contributed by atoms with Crippen molar-refractivity contribution in [2.24, 2.45) is 0 Å². The van der Waals surface area contributed by atoms with Gasteiger partial charge in [0.25, 0.3) is 5.91 Å². The van der Waals surface area contributed by atoms with E-state index in [1.165, 1.54) is 0 Å². The van der Waals surface area contributed by atoms with Gasteiger partial charge in [0.15, 0.2) is 0 Å². The summed E-state index contributed by atoms with van der Waals surface area (Å²) in [5.74, 6) is -0.0386. The van der Waals surface area contributed by atoms with Gasteiger partial charge in [-0.1, -0.05) is 0 Å². The Kier molecular flexibility index (Phi) is 5.33. The third-order valence-electron chi connectivity index (χ3n) is 3.07. The summed E-state index contributed by atoms with van der Waals surface area (Å²) in [6.07, 6.45) is 3.59. The monoisotopic (exact) mass is 347 g/mol. The van der Waals surface area contributed by atoms with E-state index in [4.69, 9.17) is 0 Å². The molecule has 5 heteroatoms. The molecule has 0 unspecified atom stereocenters. The van der Waals surface area contributed by atoms with Gasteiger partial charge in [-0.15, -0.1) is 0 Å². The molecule has 1 heterocycles. The van der Waals surface area contributed by atoms with Crippen LogP contribution in [0.5, 0.6) is 0 Å². The van der Waals surface area contributed by atoms with Gasteiger partial charge in [0.1, 0.15) is 0 Å². The smallest absolute Gasteiger partial charge is 0.251 e. The molecule has 4 nitrogen and oxygen atoms in total. The number of hydrogen-bond donors (Lipinski definition) is 2. The van der Waals surface area contributed by atoms with E-state index in [9.17, 15) is 4.79 Å². The molecule has 0 bridgehead atoms. The number of amides is 1. The fraction of sp³-hybridized carbons (Fsp3) is 0.250. The van der Waals surface area contributed by atoms with Crippen LogP contribution in [0.15, 0.2) is 41.1 Å². The van der Waals surface area contributed by atoms with Gasteiger partial charge in [0.2, 0.25) is 0 Å².